The third kappa shape index (κ3) is 2.23. The minimum absolute atomic E-state index is 0.211. The lowest BCUT2D eigenvalue weighted by molar-refractivity contribution is 0.966. The van der Waals surface area contributed by atoms with Gasteiger partial charge in [0.1, 0.15) is 0 Å². The first-order valence-electron chi connectivity index (χ1n) is 3.76. The lowest BCUT2D eigenvalue weighted by Gasteiger charge is -2.05. The first-order chi connectivity index (χ1) is 5.74. The average molecular weight is 187 g/mol. The van der Waals surface area contributed by atoms with Crippen LogP contribution in [0.25, 0.3) is 0 Å². The Morgan fingerprint density at radius 3 is 3.08 bits per heavy atom. The molecule has 12 heavy (non-hydrogen) atoms. The van der Waals surface area contributed by atoms with Crippen LogP contribution in [0.1, 0.15) is 13.3 Å². The number of nitrogens with two attached hydrogens (primary N) is 1. The Bertz CT molecular complexity index is 264. The molecule has 1 aromatic heterocycles. The Morgan fingerprint density at radius 2 is 2.42 bits per heavy atom. The molecule has 0 saturated carbocycles. The third-order valence-corrected chi connectivity index (χ3v) is 1.51. The number of hydrogen-bond acceptors (Lipinski definition) is 4. The lowest BCUT2D eigenvalue weighted by atomic mass is 10.4. The predicted octanol–water partition coefficient (Wildman–Crippen LogP) is 1.53. The van der Waals surface area contributed by atoms with E-state index in [-0.39, 0.29) is 5.28 Å². The van der Waals surface area contributed by atoms with E-state index in [2.05, 4.69) is 22.2 Å². The van der Waals surface area contributed by atoms with E-state index in [9.17, 15) is 0 Å². The van der Waals surface area contributed by atoms with Crippen molar-refractivity contribution in [2.75, 3.05) is 17.6 Å². The summed E-state index contributed by atoms with van der Waals surface area (Å²) in [5.74, 6) is 0.608. The van der Waals surface area contributed by atoms with Crippen molar-refractivity contribution < 1.29 is 0 Å². The molecule has 66 valence electrons. The quantitative estimate of drug-likeness (QED) is 0.703. The highest BCUT2D eigenvalue weighted by Crippen LogP contribution is 2.15. The summed E-state index contributed by atoms with van der Waals surface area (Å²) in [6.45, 7) is 2.89. The van der Waals surface area contributed by atoms with Gasteiger partial charge in [0.2, 0.25) is 5.28 Å². The standard InChI is InChI=1S/C7H11ClN4/c1-2-3-10-6-5(9)4-11-7(8)12-6/h4H,2-3,9H2,1H3,(H,10,11,12). The maximum atomic E-state index is 5.58. The molecule has 0 fully saturated rings. The van der Waals surface area contributed by atoms with Gasteiger partial charge in [0.15, 0.2) is 5.82 Å². The molecule has 0 aliphatic carbocycles. The van der Waals surface area contributed by atoms with Crippen LogP contribution in [-0.2, 0) is 0 Å². The van der Waals surface area contributed by atoms with E-state index in [0.29, 0.717) is 11.5 Å². The fourth-order valence-corrected chi connectivity index (χ4v) is 0.888. The summed E-state index contributed by atoms with van der Waals surface area (Å²) in [4.78, 5) is 7.67. The molecule has 5 heteroatoms. The Morgan fingerprint density at radius 1 is 1.67 bits per heavy atom. The first kappa shape index (κ1) is 9.06. The monoisotopic (exact) mass is 186 g/mol. The van der Waals surface area contributed by atoms with Crippen LogP contribution >= 0.6 is 11.6 Å². The molecule has 1 heterocycles. The summed E-state index contributed by atoms with van der Waals surface area (Å²) >= 11 is 5.58. The van der Waals surface area contributed by atoms with E-state index in [0.717, 1.165) is 13.0 Å². The normalized spacial score (nSPS) is 9.83. The molecule has 1 rings (SSSR count). The van der Waals surface area contributed by atoms with Crippen LogP contribution in [0.3, 0.4) is 0 Å². The minimum atomic E-state index is 0.211. The van der Waals surface area contributed by atoms with Crippen LogP contribution in [0.2, 0.25) is 5.28 Å². The molecule has 4 nitrogen and oxygen atoms in total. The van der Waals surface area contributed by atoms with Gasteiger partial charge in [-0.25, -0.2) is 4.98 Å². The molecule has 0 unspecified atom stereocenters. The predicted molar refractivity (Wildman–Crippen MR) is 50.2 cm³/mol. The molecule has 0 bridgehead atoms. The summed E-state index contributed by atoms with van der Waals surface area (Å²) in [7, 11) is 0. The zero-order valence-corrected chi connectivity index (χ0v) is 7.60. The number of rotatable bonds is 3. The van der Waals surface area contributed by atoms with Crippen molar-refractivity contribution in [1.82, 2.24) is 9.97 Å². The zero-order chi connectivity index (χ0) is 8.97. The molecule has 0 aromatic carbocycles. The summed E-state index contributed by atoms with van der Waals surface area (Å²) in [5, 5.41) is 3.25. The summed E-state index contributed by atoms with van der Waals surface area (Å²) < 4.78 is 0. The van der Waals surface area contributed by atoms with Gasteiger partial charge in [-0.15, -0.1) is 0 Å². The summed E-state index contributed by atoms with van der Waals surface area (Å²) in [5.41, 5.74) is 6.11. The molecular weight excluding hydrogens is 176 g/mol. The minimum Gasteiger partial charge on any atom is -0.394 e. The second-order valence-corrected chi connectivity index (χ2v) is 2.71. The van der Waals surface area contributed by atoms with Crippen molar-refractivity contribution in [3.63, 3.8) is 0 Å². The third-order valence-electron chi connectivity index (χ3n) is 1.33. The van der Waals surface area contributed by atoms with Crippen molar-refractivity contribution in [1.29, 1.82) is 0 Å². The fraction of sp³-hybridized carbons (Fsp3) is 0.429. The molecule has 0 saturated heterocycles. The fourth-order valence-electron chi connectivity index (χ4n) is 0.755. The van der Waals surface area contributed by atoms with E-state index in [1.807, 2.05) is 0 Å². The van der Waals surface area contributed by atoms with Crippen LogP contribution in [0, 0.1) is 0 Å². The van der Waals surface area contributed by atoms with Crippen molar-refractivity contribution in [2.24, 2.45) is 0 Å². The Hall–Kier alpha value is -1.03. The van der Waals surface area contributed by atoms with Crippen LogP contribution in [0.15, 0.2) is 6.20 Å². The molecule has 0 radical (unpaired) electrons. The van der Waals surface area contributed by atoms with Crippen molar-refractivity contribution in [2.45, 2.75) is 13.3 Å². The second kappa shape index (κ2) is 4.11. The topological polar surface area (TPSA) is 63.8 Å². The molecule has 1 aromatic rings. The second-order valence-electron chi connectivity index (χ2n) is 2.37. The Kier molecular flexibility index (Phi) is 3.10. The van der Waals surface area contributed by atoms with E-state index in [1.165, 1.54) is 6.20 Å². The molecule has 3 N–H and O–H groups in total. The van der Waals surface area contributed by atoms with Gasteiger partial charge >= 0.3 is 0 Å². The molecule has 0 amide bonds. The molecule has 0 atom stereocenters. The largest absolute Gasteiger partial charge is 0.394 e. The summed E-state index contributed by atoms with van der Waals surface area (Å²) in [6.07, 6.45) is 2.51. The average Bonchev–Trinajstić information content (AvgIpc) is 2.07. The Labute approximate surface area is 76.2 Å². The highest BCUT2D eigenvalue weighted by Gasteiger charge is 2.00. The molecular formula is C7H11ClN4. The number of hydrogen-bond donors (Lipinski definition) is 2. The van der Waals surface area contributed by atoms with Gasteiger partial charge < -0.3 is 11.1 Å². The van der Waals surface area contributed by atoms with Crippen molar-refractivity contribution in [3.8, 4) is 0 Å². The number of nitrogen functional groups attached to an aromatic ring is 1. The molecule has 0 aliphatic rings. The highest BCUT2D eigenvalue weighted by molar-refractivity contribution is 6.28. The van der Waals surface area contributed by atoms with Gasteiger partial charge in [0, 0.05) is 6.54 Å². The van der Waals surface area contributed by atoms with Crippen molar-refractivity contribution in [3.05, 3.63) is 11.5 Å². The smallest absolute Gasteiger partial charge is 0.224 e. The van der Waals surface area contributed by atoms with Crippen LogP contribution in [0.5, 0.6) is 0 Å². The van der Waals surface area contributed by atoms with E-state index >= 15 is 0 Å². The maximum absolute atomic E-state index is 5.58. The SMILES string of the molecule is CCCNc1nc(Cl)ncc1N. The first-order valence-corrected chi connectivity index (χ1v) is 4.13. The van der Waals surface area contributed by atoms with Crippen LogP contribution in [-0.4, -0.2) is 16.5 Å². The molecule has 0 spiro atoms. The van der Waals surface area contributed by atoms with Gasteiger partial charge in [-0.3, -0.25) is 0 Å². The number of nitrogens with one attached hydrogen (secondary N) is 1. The van der Waals surface area contributed by atoms with E-state index in [1.54, 1.807) is 0 Å². The lowest BCUT2D eigenvalue weighted by Crippen LogP contribution is -2.05. The highest BCUT2D eigenvalue weighted by atomic mass is 35.5. The number of halogens is 1. The van der Waals surface area contributed by atoms with E-state index < -0.39 is 0 Å². The molecule has 0 aliphatic heterocycles. The zero-order valence-electron chi connectivity index (χ0n) is 6.84. The van der Waals surface area contributed by atoms with E-state index in [4.69, 9.17) is 17.3 Å². The number of aromatic nitrogens is 2. The van der Waals surface area contributed by atoms with Gasteiger partial charge in [-0.05, 0) is 18.0 Å². The Balaban J connectivity index is 2.75. The van der Waals surface area contributed by atoms with Crippen molar-refractivity contribution >= 4 is 23.1 Å². The van der Waals surface area contributed by atoms with Gasteiger partial charge in [0.25, 0.3) is 0 Å². The number of anilines is 2. The summed E-state index contributed by atoms with van der Waals surface area (Å²) in [6, 6.07) is 0. The van der Waals surface area contributed by atoms with Crippen LogP contribution in [0.4, 0.5) is 11.5 Å². The van der Waals surface area contributed by atoms with Gasteiger partial charge in [-0.2, -0.15) is 4.98 Å². The van der Waals surface area contributed by atoms with Gasteiger partial charge in [-0.1, -0.05) is 6.92 Å². The van der Waals surface area contributed by atoms with Gasteiger partial charge in [0.05, 0.1) is 11.9 Å². The number of nitrogens with zero attached hydrogens (tertiary/aromatic N) is 2. The maximum Gasteiger partial charge on any atom is 0.224 e. The van der Waals surface area contributed by atoms with Crippen LogP contribution < -0.4 is 11.1 Å².